The van der Waals surface area contributed by atoms with E-state index in [2.05, 4.69) is 166 Å². The summed E-state index contributed by atoms with van der Waals surface area (Å²) < 4.78 is 21.0. The summed E-state index contributed by atoms with van der Waals surface area (Å²) in [5, 5.41) is 2.73. The lowest BCUT2D eigenvalue weighted by molar-refractivity contribution is -0.118. The second-order valence-electron chi connectivity index (χ2n) is 23.5. The summed E-state index contributed by atoms with van der Waals surface area (Å²) in [6.45, 7) is 57.9. The zero-order valence-corrected chi connectivity index (χ0v) is 54.4. The summed E-state index contributed by atoms with van der Waals surface area (Å²) in [5.41, 5.74) is 4.02. The van der Waals surface area contributed by atoms with Crippen LogP contribution in [0.5, 0.6) is 0 Å². The molecule has 0 atom stereocenters. The van der Waals surface area contributed by atoms with Crippen LogP contribution in [0.2, 0.25) is 0 Å². The van der Waals surface area contributed by atoms with E-state index in [4.69, 9.17) is 18.9 Å². The van der Waals surface area contributed by atoms with E-state index in [0.29, 0.717) is 35.0 Å². The molecule has 0 aliphatic heterocycles. The number of carbonyl (C=O) groups is 1. The van der Waals surface area contributed by atoms with Gasteiger partial charge < -0.3 is 24.3 Å². The van der Waals surface area contributed by atoms with Gasteiger partial charge >= 0.3 is 0 Å². The minimum absolute atomic E-state index is 0. The minimum Gasteiger partial charge on any atom is -0.382 e. The Kier molecular flexibility index (Phi) is 101. The number of amides is 1. The molecule has 488 valence electrons. The summed E-state index contributed by atoms with van der Waals surface area (Å²) >= 11 is 3.72. The SMILES string of the molecule is C.C.C.C.C.C.C.C.CC(=O)NCSC(C)(C)C.CC(C)C1CCCCC1.CC(C)OC(C)(C)C.CC(C)OCc1ccccc1.CCC(C)C.CCC(C)C.COC(C)C.COC(C)C.Cc1ccc(CSC(C)(C)C)cc1. The molecule has 8 heteroatoms. The molecule has 1 N–H and O–H groups in total. The molecule has 1 amide bonds. The topological polar surface area (TPSA) is 66.0 Å². The monoisotopic (exact) mass is 1170 g/mol. The Morgan fingerprint density at radius 2 is 0.899 bits per heavy atom. The first-order valence-corrected chi connectivity index (χ1v) is 29.4. The fourth-order valence-corrected chi connectivity index (χ4v) is 6.18. The van der Waals surface area contributed by atoms with Gasteiger partial charge in [-0.1, -0.05) is 261 Å². The number of nitrogens with one attached hydrogen (secondary N) is 1. The van der Waals surface area contributed by atoms with Crippen LogP contribution in [-0.2, 0) is 36.1 Å². The molecular formula is C71H157NO5S2. The maximum absolute atomic E-state index is 10.4. The molecule has 1 aliphatic rings. The van der Waals surface area contributed by atoms with Gasteiger partial charge in [0.1, 0.15) is 0 Å². The highest BCUT2D eigenvalue weighted by atomic mass is 32.2. The predicted octanol–water partition coefficient (Wildman–Crippen LogP) is 25.0. The summed E-state index contributed by atoms with van der Waals surface area (Å²) in [6, 6.07) is 19.0. The van der Waals surface area contributed by atoms with Crippen molar-refractivity contribution in [3.05, 3.63) is 71.3 Å². The lowest BCUT2D eigenvalue weighted by atomic mass is 9.82. The van der Waals surface area contributed by atoms with Gasteiger partial charge in [0.05, 0.1) is 42.5 Å². The number of carbonyl (C=O) groups excluding carboxylic acids is 1. The van der Waals surface area contributed by atoms with Crippen LogP contribution in [0.4, 0.5) is 0 Å². The van der Waals surface area contributed by atoms with Gasteiger partial charge in [0.25, 0.3) is 0 Å². The second-order valence-corrected chi connectivity index (χ2v) is 27.1. The van der Waals surface area contributed by atoms with Crippen molar-refractivity contribution in [2.45, 2.75) is 343 Å². The van der Waals surface area contributed by atoms with Crippen molar-refractivity contribution < 1.29 is 23.7 Å². The molecule has 3 rings (SSSR count). The Morgan fingerprint density at radius 3 is 1.13 bits per heavy atom. The van der Waals surface area contributed by atoms with Gasteiger partial charge in [-0.15, -0.1) is 11.8 Å². The van der Waals surface area contributed by atoms with Crippen LogP contribution in [0.15, 0.2) is 54.6 Å². The smallest absolute Gasteiger partial charge is 0.217 e. The molecule has 0 heterocycles. The van der Waals surface area contributed by atoms with E-state index in [1.807, 2.05) is 85.4 Å². The van der Waals surface area contributed by atoms with Gasteiger partial charge in [-0.25, -0.2) is 0 Å². The second kappa shape index (κ2) is 70.7. The molecule has 0 unspecified atom stereocenters. The van der Waals surface area contributed by atoms with E-state index in [9.17, 15) is 4.79 Å². The maximum atomic E-state index is 10.4. The molecule has 6 nitrogen and oxygen atoms in total. The van der Waals surface area contributed by atoms with Gasteiger partial charge in [-0.3, -0.25) is 4.79 Å². The van der Waals surface area contributed by atoms with Crippen LogP contribution in [0.3, 0.4) is 0 Å². The van der Waals surface area contributed by atoms with Crippen LogP contribution >= 0.6 is 23.5 Å². The van der Waals surface area contributed by atoms with Gasteiger partial charge in [0, 0.05) is 36.4 Å². The predicted molar refractivity (Wildman–Crippen MR) is 380 cm³/mol. The van der Waals surface area contributed by atoms with Crippen molar-refractivity contribution in [2.24, 2.45) is 23.7 Å². The first kappa shape index (κ1) is 112. The molecule has 0 aromatic heterocycles. The van der Waals surface area contributed by atoms with Crippen molar-refractivity contribution in [3.8, 4) is 0 Å². The van der Waals surface area contributed by atoms with Gasteiger partial charge in [0.15, 0.2) is 0 Å². The minimum atomic E-state index is 0. The molecule has 1 saturated carbocycles. The van der Waals surface area contributed by atoms with E-state index in [0.717, 1.165) is 36.0 Å². The van der Waals surface area contributed by atoms with E-state index in [1.165, 1.54) is 68.6 Å². The molecule has 1 fully saturated rings. The Bertz CT molecular complexity index is 1320. The normalized spacial score (nSPS) is 11.1. The van der Waals surface area contributed by atoms with Crippen LogP contribution in [0.1, 0.15) is 301 Å². The van der Waals surface area contributed by atoms with E-state index >= 15 is 0 Å². The number of hydrogen-bond donors (Lipinski definition) is 1. The number of rotatable bonds is 13. The van der Waals surface area contributed by atoms with E-state index in [1.54, 1.807) is 26.0 Å². The molecule has 2 aromatic carbocycles. The molecular weight excluding hydrogens is 1010 g/mol. The van der Waals surface area contributed by atoms with Crippen molar-refractivity contribution in [2.75, 3.05) is 20.1 Å². The molecule has 0 bridgehead atoms. The molecule has 1 aliphatic carbocycles. The zero-order valence-electron chi connectivity index (χ0n) is 52.7. The summed E-state index contributed by atoms with van der Waals surface area (Å²) in [6.07, 6.45) is 11.5. The van der Waals surface area contributed by atoms with Gasteiger partial charge in [0.2, 0.25) is 5.91 Å². The zero-order chi connectivity index (χ0) is 56.8. The maximum Gasteiger partial charge on any atom is 0.217 e. The van der Waals surface area contributed by atoms with Crippen molar-refractivity contribution in [3.63, 3.8) is 0 Å². The van der Waals surface area contributed by atoms with E-state index in [-0.39, 0.29) is 75.7 Å². The number of thioether (sulfide) groups is 2. The van der Waals surface area contributed by atoms with Gasteiger partial charge in [-0.05, 0) is 118 Å². The summed E-state index contributed by atoms with van der Waals surface area (Å²) in [7, 11) is 3.40. The van der Waals surface area contributed by atoms with Crippen molar-refractivity contribution in [1.29, 1.82) is 0 Å². The molecule has 0 saturated heterocycles. The average Bonchev–Trinajstić information content (AvgIpc) is 3.26. The number of methoxy groups -OCH3 is 2. The Labute approximate surface area is 514 Å². The standard InChI is InChI=1S/C12H18S.C10H14O.C9H18.C7H15NOS.C7H16O.2C5H12.2C4H10O.8CH4/c1-10-5-7-11(8-6-10)9-13-12(2,3)4;1-9(2)11-8-10-6-4-3-5-7-10;1-8(2)9-6-4-3-5-7-9;1-6(9)8-5-10-7(2,3)4;1-6(2)8-7(3,4)5;2*1-4-5(2)3;2*1-4(2)5-3;;;;;;;;/h5-8H,9H2,1-4H3;3-7,9H,8H2,1-2H3;8-9H,3-7H2,1-2H3;5H2,1-4H3,(H,8,9);6H,1-5H3;2*5H,4H2,1-3H3;2*4H,1-3H3;8*1H4. The fraction of sp³-hybridized carbons (Fsp3) is 0.817. The number of hydrogen-bond acceptors (Lipinski definition) is 7. The Balaban J connectivity index is -0.0000000505. The fourth-order valence-electron chi connectivity index (χ4n) is 4.68. The lowest BCUT2D eigenvalue weighted by Crippen LogP contribution is -2.23. The highest BCUT2D eigenvalue weighted by Gasteiger charge is 2.16. The molecule has 0 radical (unpaired) electrons. The third-order valence-corrected chi connectivity index (χ3v) is 12.3. The lowest BCUT2D eigenvalue weighted by Gasteiger charge is -2.24. The number of aryl methyl sites for hydroxylation is 1. The molecule has 79 heavy (non-hydrogen) atoms. The van der Waals surface area contributed by atoms with Crippen LogP contribution in [0.25, 0.3) is 0 Å². The number of ether oxygens (including phenoxy) is 4. The first-order valence-electron chi connectivity index (χ1n) is 27.4. The average molecular weight is 1170 g/mol. The highest BCUT2D eigenvalue weighted by Crippen LogP contribution is 2.29. The number of benzene rings is 2. The van der Waals surface area contributed by atoms with Gasteiger partial charge in [-0.2, -0.15) is 11.8 Å². The van der Waals surface area contributed by atoms with Crippen LogP contribution in [-0.4, -0.2) is 65.5 Å². The van der Waals surface area contributed by atoms with Crippen molar-refractivity contribution in [1.82, 2.24) is 5.32 Å². The highest BCUT2D eigenvalue weighted by molar-refractivity contribution is 8.00. The quantitative estimate of drug-likeness (QED) is 0.201. The molecule has 2 aromatic rings. The summed E-state index contributed by atoms with van der Waals surface area (Å²) in [5.74, 6) is 5.62. The Hall–Kier alpha value is -1.55. The first-order chi connectivity index (χ1) is 32.5. The third kappa shape index (κ3) is 120. The third-order valence-electron chi connectivity index (χ3n) is 9.80. The van der Waals surface area contributed by atoms with Crippen molar-refractivity contribution >= 4 is 29.4 Å². The largest absolute Gasteiger partial charge is 0.382 e. The van der Waals surface area contributed by atoms with Crippen LogP contribution in [0, 0.1) is 30.6 Å². The molecule has 0 spiro atoms. The van der Waals surface area contributed by atoms with Crippen LogP contribution < -0.4 is 5.32 Å². The van der Waals surface area contributed by atoms with E-state index < -0.39 is 0 Å². The Morgan fingerprint density at radius 1 is 0.544 bits per heavy atom. The summed E-state index contributed by atoms with van der Waals surface area (Å²) in [4.78, 5) is 10.4.